The molecule has 128 valence electrons. The molecule has 0 saturated carbocycles. The molecule has 0 radical (unpaired) electrons. The number of carbonyl (C=O) groups is 1. The number of carbonyl (C=O) groups excluding carboxylic acids is 1. The van der Waals surface area contributed by atoms with Gasteiger partial charge in [-0.15, -0.1) is 0 Å². The van der Waals surface area contributed by atoms with E-state index in [-0.39, 0.29) is 11.5 Å². The topological polar surface area (TPSA) is 89.0 Å². The van der Waals surface area contributed by atoms with Crippen molar-refractivity contribution < 1.29 is 9.53 Å². The van der Waals surface area contributed by atoms with E-state index >= 15 is 0 Å². The number of hydrogen-bond acceptors (Lipinski definition) is 5. The number of nitrogens with one attached hydrogen (secondary N) is 2. The molecule has 1 aliphatic heterocycles. The van der Waals surface area contributed by atoms with Crippen LogP contribution in [0.3, 0.4) is 0 Å². The summed E-state index contributed by atoms with van der Waals surface area (Å²) in [5.41, 5.74) is 3.39. The number of fused-ring (bicyclic) bond motifs is 3. The van der Waals surface area contributed by atoms with E-state index in [0.717, 1.165) is 16.6 Å². The Bertz CT molecular complexity index is 1030. The van der Waals surface area contributed by atoms with Crippen LogP contribution in [-0.4, -0.2) is 33.9 Å². The molecule has 0 aliphatic carbocycles. The molecule has 1 aliphatic rings. The minimum atomic E-state index is -0.487. The number of benzene rings is 1. The first-order chi connectivity index (χ1) is 12.1. The van der Waals surface area contributed by atoms with Crippen molar-refractivity contribution in [1.82, 2.24) is 14.8 Å². The molecule has 2 N–H and O–H groups in total. The number of H-pyrrole nitrogens is 1. The fourth-order valence-corrected chi connectivity index (χ4v) is 3.33. The number of aromatic nitrogens is 3. The molecule has 7 heteroatoms. The summed E-state index contributed by atoms with van der Waals surface area (Å²) >= 11 is 0. The average Bonchev–Trinajstić information content (AvgIpc) is 3.22. The predicted octanol–water partition coefficient (Wildman–Crippen LogP) is 2.00. The Balaban J connectivity index is 1.93. The lowest BCUT2D eigenvalue weighted by Gasteiger charge is -2.12. The number of rotatable bonds is 3. The Morgan fingerprint density at radius 3 is 2.96 bits per heavy atom. The summed E-state index contributed by atoms with van der Waals surface area (Å²) in [6.45, 7) is 2.45. The van der Waals surface area contributed by atoms with Crippen LogP contribution in [0.2, 0.25) is 0 Å². The van der Waals surface area contributed by atoms with Gasteiger partial charge in [0, 0.05) is 41.8 Å². The van der Waals surface area contributed by atoms with Gasteiger partial charge in [0.1, 0.15) is 11.6 Å². The van der Waals surface area contributed by atoms with Crippen LogP contribution in [0.5, 0.6) is 0 Å². The minimum Gasteiger partial charge on any atom is -0.465 e. The van der Waals surface area contributed by atoms with E-state index in [1.165, 1.54) is 0 Å². The summed E-state index contributed by atoms with van der Waals surface area (Å²) in [6, 6.07) is 7.65. The smallest absolute Gasteiger partial charge is 0.315 e. The number of aromatic amines is 1. The zero-order chi connectivity index (χ0) is 17.6. The number of pyridine rings is 1. The molecule has 0 spiro atoms. The van der Waals surface area contributed by atoms with Crippen LogP contribution in [0.4, 0.5) is 5.69 Å². The van der Waals surface area contributed by atoms with Gasteiger partial charge in [-0.2, -0.15) is 5.10 Å². The van der Waals surface area contributed by atoms with Crippen LogP contribution >= 0.6 is 0 Å². The van der Waals surface area contributed by atoms with E-state index in [1.54, 1.807) is 11.6 Å². The first-order valence-corrected chi connectivity index (χ1v) is 8.19. The summed E-state index contributed by atoms with van der Waals surface area (Å²) in [6.07, 6.45) is 1.87. The molecule has 0 amide bonds. The number of anilines is 1. The van der Waals surface area contributed by atoms with Gasteiger partial charge in [0.05, 0.1) is 12.3 Å². The van der Waals surface area contributed by atoms with Gasteiger partial charge in [-0.05, 0) is 25.1 Å². The van der Waals surface area contributed by atoms with Crippen LogP contribution in [0.1, 0.15) is 18.4 Å². The Morgan fingerprint density at radius 2 is 2.24 bits per heavy atom. The highest BCUT2D eigenvalue weighted by Gasteiger charge is 2.33. The zero-order valence-electron chi connectivity index (χ0n) is 14.0. The summed E-state index contributed by atoms with van der Waals surface area (Å²) in [7, 11) is 1.86. The molecule has 25 heavy (non-hydrogen) atoms. The third kappa shape index (κ3) is 2.48. The molecule has 1 atom stereocenters. The van der Waals surface area contributed by atoms with Crippen molar-refractivity contribution in [2.24, 2.45) is 7.05 Å². The molecule has 0 fully saturated rings. The molecule has 0 bridgehead atoms. The van der Waals surface area contributed by atoms with Crippen LogP contribution in [0.25, 0.3) is 22.2 Å². The van der Waals surface area contributed by atoms with Crippen molar-refractivity contribution >= 4 is 22.6 Å². The van der Waals surface area contributed by atoms with Gasteiger partial charge in [0.25, 0.3) is 5.56 Å². The van der Waals surface area contributed by atoms with Gasteiger partial charge in [-0.25, -0.2) is 0 Å². The lowest BCUT2D eigenvalue weighted by molar-refractivity contribution is -0.144. The van der Waals surface area contributed by atoms with Gasteiger partial charge >= 0.3 is 5.97 Å². The standard InChI is InChI=1S/C18H18N4O3/c1-3-25-18(24)12-9-19-16-15(12)11-8-10(13-6-7-22(2)21-13)4-5-14(11)20-17(16)23/h4-8,12,19H,3,9H2,1-2H3,(H,20,23). The molecule has 7 nitrogen and oxygen atoms in total. The Labute approximate surface area is 143 Å². The van der Waals surface area contributed by atoms with E-state index in [2.05, 4.69) is 15.4 Å². The van der Waals surface area contributed by atoms with E-state index in [1.807, 2.05) is 37.5 Å². The van der Waals surface area contributed by atoms with E-state index in [0.29, 0.717) is 29.9 Å². The van der Waals surface area contributed by atoms with E-state index in [4.69, 9.17) is 4.74 Å². The molecule has 3 heterocycles. The SMILES string of the molecule is CCOC(=O)C1CNc2c1c1cc(-c3ccn(C)n3)ccc1[nH]c2=O. The largest absolute Gasteiger partial charge is 0.465 e. The molecule has 0 saturated heterocycles. The van der Waals surface area contributed by atoms with Crippen molar-refractivity contribution in [3.8, 4) is 11.3 Å². The number of aryl methyl sites for hydroxylation is 1. The molecule has 1 aromatic carbocycles. The first kappa shape index (κ1) is 15.4. The van der Waals surface area contributed by atoms with Gasteiger partial charge in [0.15, 0.2) is 0 Å². The summed E-state index contributed by atoms with van der Waals surface area (Å²) in [5, 5.41) is 8.30. The van der Waals surface area contributed by atoms with Crippen molar-refractivity contribution in [2.75, 3.05) is 18.5 Å². The third-order valence-corrected chi connectivity index (χ3v) is 4.47. The number of nitrogens with zero attached hydrogens (tertiary/aromatic N) is 2. The molecule has 3 aromatic rings. The fraction of sp³-hybridized carbons (Fsp3) is 0.278. The highest BCUT2D eigenvalue weighted by molar-refractivity contribution is 5.97. The van der Waals surface area contributed by atoms with E-state index in [9.17, 15) is 9.59 Å². The van der Waals surface area contributed by atoms with Gasteiger partial charge in [0.2, 0.25) is 0 Å². The Morgan fingerprint density at radius 1 is 1.40 bits per heavy atom. The molecule has 1 unspecified atom stereocenters. The first-order valence-electron chi connectivity index (χ1n) is 8.19. The van der Waals surface area contributed by atoms with Gasteiger partial charge < -0.3 is 15.0 Å². The van der Waals surface area contributed by atoms with Crippen molar-refractivity contribution in [2.45, 2.75) is 12.8 Å². The number of hydrogen-bond donors (Lipinski definition) is 2. The summed E-state index contributed by atoms with van der Waals surface area (Å²) < 4.78 is 6.92. The van der Waals surface area contributed by atoms with Crippen molar-refractivity contribution in [1.29, 1.82) is 0 Å². The Hall–Kier alpha value is -3.09. The molecular weight excluding hydrogens is 320 g/mol. The van der Waals surface area contributed by atoms with E-state index < -0.39 is 5.92 Å². The van der Waals surface area contributed by atoms with Gasteiger partial charge in [-0.3, -0.25) is 14.3 Å². The van der Waals surface area contributed by atoms with Crippen LogP contribution in [0, 0.1) is 0 Å². The predicted molar refractivity (Wildman–Crippen MR) is 94.6 cm³/mol. The third-order valence-electron chi connectivity index (χ3n) is 4.47. The van der Waals surface area contributed by atoms with Crippen molar-refractivity contribution in [3.63, 3.8) is 0 Å². The van der Waals surface area contributed by atoms with Crippen LogP contribution < -0.4 is 10.9 Å². The maximum absolute atomic E-state index is 12.3. The molecule has 2 aromatic heterocycles. The van der Waals surface area contributed by atoms with Gasteiger partial charge in [-0.1, -0.05) is 6.07 Å². The van der Waals surface area contributed by atoms with Crippen LogP contribution in [-0.2, 0) is 16.6 Å². The Kier molecular flexibility index (Phi) is 3.56. The zero-order valence-corrected chi connectivity index (χ0v) is 14.0. The maximum atomic E-state index is 12.3. The fourth-order valence-electron chi connectivity index (χ4n) is 3.33. The molecular formula is C18H18N4O3. The second kappa shape index (κ2) is 5.77. The second-order valence-electron chi connectivity index (χ2n) is 6.06. The summed E-state index contributed by atoms with van der Waals surface area (Å²) in [4.78, 5) is 27.5. The number of ether oxygens (including phenoxy) is 1. The minimum absolute atomic E-state index is 0.222. The maximum Gasteiger partial charge on any atom is 0.315 e. The number of esters is 1. The highest BCUT2D eigenvalue weighted by atomic mass is 16.5. The van der Waals surface area contributed by atoms with Crippen LogP contribution in [0.15, 0.2) is 35.3 Å². The van der Waals surface area contributed by atoms with Crippen molar-refractivity contribution in [3.05, 3.63) is 46.4 Å². The summed E-state index contributed by atoms with van der Waals surface area (Å²) in [5.74, 6) is -0.803. The lowest BCUT2D eigenvalue weighted by Crippen LogP contribution is -2.17. The monoisotopic (exact) mass is 338 g/mol. The normalized spacial score (nSPS) is 15.8. The average molecular weight is 338 g/mol. The second-order valence-corrected chi connectivity index (χ2v) is 6.06. The molecule has 4 rings (SSSR count). The lowest BCUT2D eigenvalue weighted by atomic mass is 9.95. The highest BCUT2D eigenvalue weighted by Crippen LogP contribution is 2.36. The quantitative estimate of drug-likeness (QED) is 0.713.